The van der Waals surface area contributed by atoms with Crippen molar-refractivity contribution >= 4 is 34.3 Å². The van der Waals surface area contributed by atoms with E-state index in [0.717, 1.165) is 34.7 Å². The highest BCUT2D eigenvalue weighted by molar-refractivity contribution is 7.15. The molecule has 1 aliphatic heterocycles. The zero-order valence-electron chi connectivity index (χ0n) is 19.1. The lowest BCUT2D eigenvalue weighted by Gasteiger charge is -2.35. The third-order valence-electron chi connectivity index (χ3n) is 6.17. The van der Waals surface area contributed by atoms with E-state index in [9.17, 15) is 14.0 Å². The Morgan fingerprint density at radius 3 is 2.74 bits per heavy atom. The number of furan rings is 1. The Bertz CT molecular complexity index is 1400. The largest absolute Gasteiger partial charge is 0.457 e. The summed E-state index contributed by atoms with van der Waals surface area (Å²) in [6.07, 6.45) is 2.06. The van der Waals surface area contributed by atoms with E-state index in [2.05, 4.69) is 4.98 Å². The quantitative estimate of drug-likeness (QED) is 0.385. The number of para-hydroxylation sites is 1. The van der Waals surface area contributed by atoms with Crippen LogP contribution in [0.3, 0.4) is 0 Å². The molecule has 35 heavy (non-hydrogen) atoms. The standard InChI is InChI=1S/C26H24FN3O4S/c1-15-29-22(24(35-15)16-9-11-17(27)12-10-16)25(31)30-13-5-4-6-18(30)14-21-23(34-26(28)32)19-7-2-3-8-20(19)33-21/h2-3,7-12,18H,4-6,13-14H2,1H3,(H2,28,32). The number of benzene rings is 2. The van der Waals surface area contributed by atoms with Crippen molar-refractivity contribution in [3.63, 3.8) is 0 Å². The number of carbonyl (C=O) groups excluding carboxylic acids is 2. The number of fused-ring (bicyclic) bond motifs is 1. The Kier molecular flexibility index (Phi) is 6.25. The van der Waals surface area contributed by atoms with E-state index in [1.807, 2.05) is 24.0 Å². The van der Waals surface area contributed by atoms with E-state index in [4.69, 9.17) is 14.9 Å². The van der Waals surface area contributed by atoms with Crippen molar-refractivity contribution in [1.82, 2.24) is 9.88 Å². The lowest BCUT2D eigenvalue weighted by molar-refractivity contribution is 0.0601. The van der Waals surface area contributed by atoms with Crippen LogP contribution in [-0.4, -0.2) is 34.5 Å². The number of primary amides is 1. The third-order valence-corrected chi connectivity index (χ3v) is 7.19. The van der Waals surface area contributed by atoms with Crippen molar-refractivity contribution in [3.8, 4) is 16.2 Å². The first-order valence-electron chi connectivity index (χ1n) is 11.4. The lowest BCUT2D eigenvalue weighted by Crippen LogP contribution is -2.45. The van der Waals surface area contributed by atoms with Crippen molar-refractivity contribution in [3.05, 3.63) is 70.8 Å². The van der Waals surface area contributed by atoms with Crippen LogP contribution in [-0.2, 0) is 6.42 Å². The van der Waals surface area contributed by atoms with Crippen molar-refractivity contribution in [2.45, 2.75) is 38.6 Å². The summed E-state index contributed by atoms with van der Waals surface area (Å²) in [5, 5.41) is 1.42. The maximum atomic E-state index is 13.8. The highest BCUT2D eigenvalue weighted by Crippen LogP contribution is 2.37. The molecule has 180 valence electrons. The van der Waals surface area contributed by atoms with Crippen LogP contribution in [0.4, 0.5) is 9.18 Å². The van der Waals surface area contributed by atoms with E-state index in [1.165, 1.54) is 23.5 Å². The average Bonchev–Trinajstić information content (AvgIpc) is 3.39. The molecule has 0 spiro atoms. The fraction of sp³-hybridized carbons (Fsp3) is 0.269. The van der Waals surface area contributed by atoms with Gasteiger partial charge in [0.2, 0.25) is 0 Å². The number of nitrogens with two attached hydrogens (primary N) is 1. The van der Waals surface area contributed by atoms with Gasteiger partial charge in [0.1, 0.15) is 22.9 Å². The van der Waals surface area contributed by atoms with Crippen LogP contribution in [0.1, 0.15) is 40.5 Å². The van der Waals surface area contributed by atoms with Gasteiger partial charge in [0.05, 0.1) is 15.3 Å². The molecule has 0 aliphatic carbocycles. The van der Waals surface area contributed by atoms with Crippen LogP contribution in [0.5, 0.6) is 5.75 Å². The Morgan fingerprint density at radius 2 is 1.97 bits per heavy atom. The van der Waals surface area contributed by atoms with Gasteiger partial charge in [-0.1, -0.05) is 24.3 Å². The van der Waals surface area contributed by atoms with Crippen molar-refractivity contribution in [1.29, 1.82) is 0 Å². The number of halogens is 1. The first-order chi connectivity index (χ1) is 16.9. The number of aromatic nitrogens is 1. The number of likely N-dealkylation sites (tertiary alicyclic amines) is 1. The predicted molar refractivity (Wildman–Crippen MR) is 131 cm³/mol. The van der Waals surface area contributed by atoms with Crippen molar-refractivity contribution in [2.75, 3.05) is 6.54 Å². The number of nitrogens with zero attached hydrogens (tertiary/aromatic N) is 2. The van der Waals surface area contributed by atoms with Crippen LogP contribution in [0.15, 0.2) is 52.9 Å². The summed E-state index contributed by atoms with van der Waals surface area (Å²) >= 11 is 1.41. The molecule has 2 aromatic carbocycles. The zero-order chi connectivity index (χ0) is 24.5. The van der Waals surface area contributed by atoms with Crippen LogP contribution in [0, 0.1) is 12.7 Å². The fourth-order valence-electron chi connectivity index (χ4n) is 4.62. The first kappa shape index (κ1) is 23.0. The molecule has 9 heteroatoms. The number of piperidine rings is 1. The van der Waals surface area contributed by atoms with Gasteiger partial charge in [-0.3, -0.25) is 4.79 Å². The number of hydrogen-bond donors (Lipinski definition) is 1. The topological polar surface area (TPSA) is 98.7 Å². The van der Waals surface area contributed by atoms with Gasteiger partial charge in [0.25, 0.3) is 5.91 Å². The number of amides is 2. The number of hydrogen-bond acceptors (Lipinski definition) is 6. The van der Waals surface area contributed by atoms with E-state index < -0.39 is 6.09 Å². The molecular weight excluding hydrogens is 469 g/mol. The molecule has 1 aliphatic rings. The number of rotatable bonds is 5. The summed E-state index contributed by atoms with van der Waals surface area (Å²) in [5.74, 6) is 0.260. The number of carbonyl (C=O) groups is 2. The Morgan fingerprint density at radius 1 is 1.20 bits per heavy atom. The molecular formula is C26H24FN3O4S. The number of thiazole rings is 1. The highest BCUT2D eigenvalue weighted by atomic mass is 32.1. The maximum Gasteiger partial charge on any atom is 0.410 e. The van der Waals surface area contributed by atoms with E-state index >= 15 is 0 Å². The molecule has 4 aromatic rings. The molecule has 1 fully saturated rings. The molecule has 3 heterocycles. The predicted octanol–water partition coefficient (Wildman–Crippen LogP) is 5.70. The number of aryl methyl sites for hydroxylation is 1. The molecule has 0 radical (unpaired) electrons. The van der Waals surface area contributed by atoms with Gasteiger partial charge in [0.15, 0.2) is 5.75 Å². The van der Waals surface area contributed by atoms with Gasteiger partial charge < -0.3 is 19.8 Å². The van der Waals surface area contributed by atoms with Crippen LogP contribution < -0.4 is 10.5 Å². The maximum absolute atomic E-state index is 13.8. The Labute approximate surface area is 205 Å². The van der Waals surface area contributed by atoms with Crippen LogP contribution in [0.2, 0.25) is 0 Å². The summed E-state index contributed by atoms with van der Waals surface area (Å²) in [4.78, 5) is 32.4. The molecule has 2 amide bonds. The molecule has 1 unspecified atom stereocenters. The fourth-order valence-corrected chi connectivity index (χ4v) is 5.53. The van der Waals surface area contributed by atoms with Gasteiger partial charge in [-0.05, 0) is 56.0 Å². The molecule has 5 rings (SSSR count). The first-order valence-corrected chi connectivity index (χ1v) is 12.2. The van der Waals surface area contributed by atoms with Gasteiger partial charge >= 0.3 is 6.09 Å². The van der Waals surface area contributed by atoms with E-state index in [-0.39, 0.29) is 17.8 Å². The minimum Gasteiger partial charge on any atom is -0.457 e. The second-order valence-electron chi connectivity index (χ2n) is 8.54. The second-order valence-corrected chi connectivity index (χ2v) is 9.74. The van der Waals surface area contributed by atoms with E-state index in [0.29, 0.717) is 41.1 Å². The molecule has 1 saturated heterocycles. The minimum atomic E-state index is -0.920. The normalized spacial score (nSPS) is 15.9. The lowest BCUT2D eigenvalue weighted by atomic mass is 9.97. The van der Waals surface area contributed by atoms with Gasteiger partial charge in [-0.25, -0.2) is 14.2 Å². The molecule has 2 N–H and O–H groups in total. The van der Waals surface area contributed by atoms with Crippen molar-refractivity contribution < 1.29 is 23.1 Å². The molecule has 1 atom stereocenters. The summed E-state index contributed by atoms with van der Waals surface area (Å²) in [5.41, 5.74) is 7.02. The smallest absolute Gasteiger partial charge is 0.410 e. The van der Waals surface area contributed by atoms with Gasteiger partial charge in [-0.2, -0.15) is 0 Å². The summed E-state index contributed by atoms with van der Waals surface area (Å²) in [7, 11) is 0. The van der Waals surface area contributed by atoms with Crippen LogP contribution in [0.25, 0.3) is 21.4 Å². The number of ether oxygens (including phenoxy) is 1. The minimum absolute atomic E-state index is 0.171. The van der Waals surface area contributed by atoms with Gasteiger partial charge in [0, 0.05) is 19.0 Å². The third kappa shape index (κ3) is 4.64. The summed E-state index contributed by atoms with van der Waals surface area (Å²) in [6.45, 7) is 2.43. The zero-order valence-corrected chi connectivity index (χ0v) is 19.9. The monoisotopic (exact) mass is 493 g/mol. The molecule has 0 saturated carbocycles. The van der Waals surface area contributed by atoms with Crippen molar-refractivity contribution in [2.24, 2.45) is 5.73 Å². The molecule has 2 aromatic heterocycles. The van der Waals surface area contributed by atoms with Crippen LogP contribution >= 0.6 is 11.3 Å². The SMILES string of the molecule is Cc1nc(C(=O)N2CCCCC2Cc2oc3ccccc3c2OC(N)=O)c(-c2ccc(F)cc2)s1. The Balaban J connectivity index is 1.47. The average molecular weight is 494 g/mol. The summed E-state index contributed by atoms with van der Waals surface area (Å²) < 4.78 is 24.8. The Hall–Kier alpha value is -3.72. The highest BCUT2D eigenvalue weighted by Gasteiger charge is 2.33. The molecule has 7 nitrogen and oxygen atoms in total. The summed E-state index contributed by atoms with van der Waals surface area (Å²) in [6, 6.07) is 13.2. The van der Waals surface area contributed by atoms with Gasteiger partial charge in [-0.15, -0.1) is 11.3 Å². The molecule has 0 bridgehead atoms. The second kappa shape index (κ2) is 9.50. The van der Waals surface area contributed by atoms with E-state index in [1.54, 1.807) is 24.3 Å².